The minimum Gasteiger partial charge on any atom is -0.488 e. The molecule has 1 aromatic rings. The molecule has 1 rings (SSSR count). The number of likely N-dealkylation sites (N-methyl/N-ethyl adjacent to an activating group) is 1. The molecule has 2 nitrogen and oxygen atoms in total. The second-order valence-corrected chi connectivity index (χ2v) is 6.03. The monoisotopic (exact) mass is 277 g/mol. The molecule has 0 atom stereocenters. The fourth-order valence-corrected chi connectivity index (χ4v) is 2.52. The predicted molar refractivity (Wildman–Crippen MR) is 87.5 cm³/mol. The highest BCUT2D eigenvalue weighted by atomic mass is 16.5. The van der Waals surface area contributed by atoms with Gasteiger partial charge >= 0.3 is 0 Å². The molecule has 20 heavy (non-hydrogen) atoms. The first-order valence-electron chi connectivity index (χ1n) is 8.01. The van der Waals surface area contributed by atoms with Crippen molar-refractivity contribution >= 4 is 0 Å². The smallest absolute Gasteiger partial charge is 0.120 e. The molecule has 0 N–H and O–H groups in total. The Balaban J connectivity index is 2.52. The first kappa shape index (κ1) is 17.0. The van der Waals surface area contributed by atoms with Crippen molar-refractivity contribution in [3.63, 3.8) is 0 Å². The van der Waals surface area contributed by atoms with Gasteiger partial charge in [-0.1, -0.05) is 39.3 Å². The van der Waals surface area contributed by atoms with Crippen molar-refractivity contribution in [1.82, 2.24) is 4.90 Å². The number of ether oxygens (including phenoxy) is 1. The number of benzene rings is 1. The third-order valence-electron chi connectivity index (χ3n) is 3.78. The maximum atomic E-state index is 6.05. The van der Waals surface area contributed by atoms with E-state index in [1.54, 1.807) is 0 Å². The molecule has 114 valence electrons. The van der Waals surface area contributed by atoms with Gasteiger partial charge in [0.05, 0.1) is 0 Å². The van der Waals surface area contributed by atoms with E-state index in [-0.39, 0.29) is 5.60 Å². The molecule has 0 radical (unpaired) electrons. The molecule has 0 saturated carbocycles. The zero-order chi connectivity index (χ0) is 15.0. The van der Waals surface area contributed by atoms with Gasteiger partial charge in [0.25, 0.3) is 0 Å². The van der Waals surface area contributed by atoms with Crippen LogP contribution in [0.3, 0.4) is 0 Å². The average molecular weight is 277 g/mol. The lowest BCUT2D eigenvalue weighted by molar-refractivity contribution is 0.0985. The molecular weight excluding hydrogens is 246 g/mol. The van der Waals surface area contributed by atoms with E-state index in [4.69, 9.17) is 4.74 Å². The van der Waals surface area contributed by atoms with E-state index in [1.165, 1.54) is 5.56 Å². The third kappa shape index (κ3) is 5.96. The Bertz CT molecular complexity index is 366. The van der Waals surface area contributed by atoms with Gasteiger partial charge in [0.15, 0.2) is 0 Å². The van der Waals surface area contributed by atoms with Crippen LogP contribution in [0.15, 0.2) is 24.3 Å². The maximum absolute atomic E-state index is 6.05. The first-order chi connectivity index (χ1) is 9.50. The Morgan fingerprint density at radius 3 is 2.10 bits per heavy atom. The molecule has 0 aromatic heterocycles. The van der Waals surface area contributed by atoms with E-state index >= 15 is 0 Å². The molecule has 0 saturated heterocycles. The topological polar surface area (TPSA) is 12.5 Å². The van der Waals surface area contributed by atoms with Crippen molar-refractivity contribution in [3.8, 4) is 5.75 Å². The number of nitrogens with zero attached hydrogens (tertiary/aromatic N) is 1. The summed E-state index contributed by atoms with van der Waals surface area (Å²) in [6.45, 7) is 14.3. The summed E-state index contributed by atoms with van der Waals surface area (Å²) in [5.74, 6) is 0.982. The molecule has 0 aliphatic rings. The molecule has 2 heteroatoms. The summed E-state index contributed by atoms with van der Waals surface area (Å²) < 4.78 is 6.05. The Hall–Kier alpha value is -1.02. The van der Waals surface area contributed by atoms with Crippen molar-refractivity contribution < 1.29 is 4.74 Å². The standard InChI is InChI=1S/C18H31NO/c1-6-14-18(4,5)20-17-11-9-16(10-12-17)13-15-19(7-2)8-3/h9-12H,6-8,13-15H2,1-5H3. The van der Waals surface area contributed by atoms with Gasteiger partial charge in [-0.15, -0.1) is 0 Å². The number of hydrogen-bond acceptors (Lipinski definition) is 2. The van der Waals surface area contributed by atoms with Gasteiger partial charge in [-0.05, 0) is 57.5 Å². The summed E-state index contributed by atoms with van der Waals surface area (Å²) in [6.07, 6.45) is 3.34. The molecule has 0 aliphatic carbocycles. The minimum atomic E-state index is -0.0719. The normalized spacial score (nSPS) is 11.9. The van der Waals surface area contributed by atoms with Crippen molar-refractivity contribution in [2.24, 2.45) is 0 Å². The van der Waals surface area contributed by atoms with E-state index in [1.807, 2.05) is 0 Å². The highest BCUT2D eigenvalue weighted by Crippen LogP contribution is 2.22. The van der Waals surface area contributed by atoms with Gasteiger partial charge in [-0.25, -0.2) is 0 Å². The summed E-state index contributed by atoms with van der Waals surface area (Å²) in [4.78, 5) is 2.45. The van der Waals surface area contributed by atoms with Crippen LogP contribution in [-0.2, 0) is 6.42 Å². The van der Waals surface area contributed by atoms with Crippen LogP contribution in [0.1, 0.15) is 53.0 Å². The highest BCUT2D eigenvalue weighted by Gasteiger charge is 2.18. The molecule has 0 heterocycles. The lowest BCUT2D eigenvalue weighted by Gasteiger charge is -2.26. The Labute approximate surface area is 125 Å². The van der Waals surface area contributed by atoms with Crippen LogP contribution in [0.5, 0.6) is 5.75 Å². The SMILES string of the molecule is CCCC(C)(C)Oc1ccc(CCN(CC)CC)cc1. The highest BCUT2D eigenvalue weighted by molar-refractivity contribution is 5.28. The Kier molecular flexibility index (Phi) is 7.08. The summed E-state index contributed by atoms with van der Waals surface area (Å²) in [7, 11) is 0. The predicted octanol–water partition coefficient (Wildman–Crippen LogP) is 4.53. The van der Waals surface area contributed by atoms with E-state index in [9.17, 15) is 0 Å². The summed E-state index contributed by atoms with van der Waals surface area (Å²) in [5.41, 5.74) is 1.31. The summed E-state index contributed by atoms with van der Waals surface area (Å²) >= 11 is 0. The molecule has 0 aliphatic heterocycles. The lowest BCUT2D eigenvalue weighted by Crippen LogP contribution is -2.27. The van der Waals surface area contributed by atoms with Crippen molar-refractivity contribution in [1.29, 1.82) is 0 Å². The molecular formula is C18H31NO. The van der Waals surface area contributed by atoms with Gasteiger partial charge in [0.2, 0.25) is 0 Å². The minimum absolute atomic E-state index is 0.0719. The molecule has 0 unspecified atom stereocenters. The van der Waals surface area contributed by atoms with Gasteiger partial charge in [-0.3, -0.25) is 0 Å². The summed E-state index contributed by atoms with van der Waals surface area (Å²) in [5, 5.41) is 0. The second kappa shape index (κ2) is 8.31. The van der Waals surface area contributed by atoms with Crippen LogP contribution in [-0.4, -0.2) is 30.1 Å². The largest absolute Gasteiger partial charge is 0.488 e. The number of rotatable bonds is 9. The second-order valence-electron chi connectivity index (χ2n) is 6.03. The van der Waals surface area contributed by atoms with Crippen LogP contribution >= 0.6 is 0 Å². The van der Waals surface area contributed by atoms with Crippen molar-refractivity contribution in [2.45, 2.75) is 59.5 Å². The molecule has 0 fully saturated rings. The van der Waals surface area contributed by atoms with E-state index in [2.05, 4.69) is 63.8 Å². The molecule has 0 spiro atoms. The van der Waals surface area contributed by atoms with Gasteiger partial charge in [-0.2, -0.15) is 0 Å². The van der Waals surface area contributed by atoms with Crippen LogP contribution in [0.2, 0.25) is 0 Å². The average Bonchev–Trinajstić information content (AvgIpc) is 2.41. The third-order valence-corrected chi connectivity index (χ3v) is 3.78. The number of hydrogen-bond donors (Lipinski definition) is 0. The zero-order valence-corrected chi connectivity index (χ0v) is 13.9. The maximum Gasteiger partial charge on any atom is 0.120 e. The van der Waals surface area contributed by atoms with E-state index in [0.29, 0.717) is 0 Å². The Morgan fingerprint density at radius 1 is 1.00 bits per heavy atom. The lowest BCUT2D eigenvalue weighted by atomic mass is 10.0. The zero-order valence-electron chi connectivity index (χ0n) is 13.9. The van der Waals surface area contributed by atoms with E-state index in [0.717, 1.165) is 44.6 Å². The molecule has 0 amide bonds. The fraction of sp³-hybridized carbons (Fsp3) is 0.667. The van der Waals surface area contributed by atoms with E-state index < -0.39 is 0 Å². The van der Waals surface area contributed by atoms with Crippen LogP contribution < -0.4 is 4.74 Å². The van der Waals surface area contributed by atoms with Crippen molar-refractivity contribution in [3.05, 3.63) is 29.8 Å². The summed E-state index contributed by atoms with van der Waals surface area (Å²) in [6, 6.07) is 8.60. The van der Waals surface area contributed by atoms with Gasteiger partial charge < -0.3 is 9.64 Å². The van der Waals surface area contributed by atoms with Crippen LogP contribution in [0, 0.1) is 0 Å². The van der Waals surface area contributed by atoms with Crippen molar-refractivity contribution in [2.75, 3.05) is 19.6 Å². The fourth-order valence-electron chi connectivity index (χ4n) is 2.52. The molecule has 1 aromatic carbocycles. The first-order valence-corrected chi connectivity index (χ1v) is 8.01. The quantitative estimate of drug-likeness (QED) is 0.657. The molecule has 0 bridgehead atoms. The van der Waals surface area contributed by atoms with Gasteiger partial charge in [0, 0.05) is 6.54 Å². The Morgan fingerprint density at radius 2 is 1.60 bits per heavy atom. The van der Waals surface area contributed by atoms with Gasteiger partial charge in [0.1, 0.15) is 11.4 Å². The van der Waals surface area contributed by atoms with Crippen LogP contribution in [0.4, 0.5) is 0 Å². The van der Waals surface area contributed by atoms with Crippen LogP contribution in [0.25, 0.3) is 0 Å².